The molecule has 6 nitrogen and oxygen atoms in total. The molecule has 0 saturated carbocycles. The molecule has 0 unspecified atom stereocenters. The number of nitriles is 1. The molecule has 0 spiro atoms. The van der Waals surface area contributed by atoms with Crippen molar-refractivity contribution >= 4 is 15.7 Å². The number of primary sulfonamides is 1. The van der Waals surface area contributed by atoms with Crippen LogP contribution in [0.4, 0.5) is 32.0 Å². The van der Waals surface area contributed by atoms with Gasteiger partial charge in [-0.25, -0.2) is 13.6 Å². The Morgan fingerprint density at radius 2 is 1.52 bits per heavy atom. The second-order valence-corrected chi connectivity index (χ2v) is 8.69. The smallest absolute Gasteiger partial charge is 0.384 e. The van der Waals surface area contributed by atoms with E-state index >= 15 is 0 Å². The second-order valence-electron chi connectivity index (χ2n) is 7.12. The first-order chi connectivity index (χ1) is 14.2. The maximum atomic E-state index is 14.1. The molecule has 0 aromatic heterocycles. The summed E-state index contributed by atoms with van der Waals surface area (Å²) in [5.41, 5.74) is -1.67. The molecule has 3 rings (SSSR count). The molecule has 0 bridgehead atoms. The average molecular weight is 466 g/mol. The van der Waals surface area contributed by atoms with E-state index in [0.717, 1.165) is 35.2 Å². The third kappa shape index (κ3) is 3.34. The first-order valence-electron chi connectivity index (χ1n) is 8.87. The molecule has 0 amide bonds. The van der Waals surface area contributed by atoms with Crippen LogP contribution in [0.15, 0.2) is 51.8 Å². The lowest BCUT2D eigenvalue weighted by atomic mass is 9.66. The summed E-state index contributed by atoms with van der Waals surface area (Å²) >= 11 is 0. The molecule has 168 valence electrons. The van der Waals surface area contributed by atoms with Crippen LogP contribution < -0.4 is 15.8 Å². The van der Waals surface area contributed by atoms with Gasteiger partial charge in [0.05, 0.1) is 10.5 Å². The maximum absolute atomic E-state index is 14.1. The van der Waals surface area contributed by atoms with E-state index in [2.05, 4.69) is 0 Å². The zero-order chi connectivity index (χ0) is 23.4. The zero-order valence-electron chi connectivity index (χ0n) is 15.7. The van der Waals surface area contributed by atoms with Crippen LogP contribution in [0, 0.1) is 16.7 Å². The molecule has 4 N–H and O–H groups in total. The molecule has 1 aliphatic carbocycles. The van der Waals surface area contributed by atoms with E-state index in [1.165, 1.54) is 0 Å². The van der Waals surface area contributed by atoms with Gasteiger partial charge < -0.3 is 5.73 Å². The Balaban J connectivity index is 2.35. The molecule has 1 aliphatic heterocycles. The molecule has 2 aliphatic rings. The number of hydrogen-bond acceptors (Lipinski definition) is 5. The molecule has 1 aromatic rings. The summed E-state index contributed by atoms with van der Waals surface area (Å²) in [5, 5.41) is 14.4. The highest BCUT2D eigenvalue weighted by Crippen LogP contribution is 2.64. The molecule has 31 heavy (non-hydrogen) atoms. The van der Waals surface area contributed by atoms with Crippen molar-refractivity contribution in [2.24, 2.45) is 16.3 Å². The van der Waals surface area contributed by atoms with E-state index in [9.17, 15) is 40.0 Å². The quantitative estimate of drug-likeness (QED) is 0.644. The Hall–Kier alpha value is -2.72. The van der Waals surface area contributed by atoms with Gasteiger partial charge in [0.2, 0.25) is 15.4 Å². The number of hydrogen-bond donors (Lipinski definition) is 2. The van der Waals surface area contributed by atoms with Crippen LogP contribution in [-0.4, -0.2) is 20.8 Å². The van der Waals surface area contributed by atoms with Crippen LogP contribution in [0.1, 0.15) is 25.7 Å². The molecule has 0 radical (unpaired) electrons. The highest BCUT2D eigenvalue weighted by Gasteiger charge is 2.77. The van der Waals surface area contributed by atoms with E-state index in [4.69, 9.17) is 10.9 Å². The van der Waals surface area contributed by atoms with E-state index in [1.807, 2.05) is 0 Å². The minimum Gasteiger partial charge on any atom is -0.384 e. The van der Waals surface area contributed by atoms with Gasteiger partial charge in [0, 0.05) is 11.4 Å². The summed E-state index contributed by atoms with van der Waals surface area (Å²) < 4.78 is 107. The number of nitrogens with zero attached hydrogens (tertiary/aromatic N) is 2. The van der Waals surface area contributed by atoms with Crippen LogP contribution in [0.3, 0.4) is 0 Å². The van der Waals surface area contributed by atoms with E-state index < -0.39 is 51.2 Å². The van der Waals surface area contributed by atoms with Gasteiger partial charge in [-0.3, -0.25) is 4.90 Å². The van der Waals surface area contributed by atoms with Crippen molar-refractivity contribution in [2.75, 3.05) is 4.90 Å². The normalized spacial score (nSPS) is 19.9. The fraction of sp³-hybridized carbons (Fsp3) is 0.389. The predicted octanol–water partition coefficient (Wildman–Crippen LogP) is 3.79. The van der Waals surface area contributed by atoms with Crippen molar-refractivity contribution in [3.05, 3.63) is 46.9 Å². The van der Waals surface area contributed by atoms with Crippen molar-refractivity contribution in [1.82, 2.24) is 0 Å². The Morgan fingerprint density at radius 3 is 1.97 bits per heavy atom. The minimum atomic E-state index is -5.86. The lowest BCUT2D eigenvalue weighted by Crippen LogP contribution is -2.57. The highest BCUT2D eigenvalue weighted by molar-refractivity contribution is 7.89. The SMILES string of the molecule is N#CC1=C(N)N(c2ccc(S(N)(=O)=O)cc2)C2=C(CCCC2)C1(C(F)(F)F)C(F)(F)F. The van der Waals surface area contributed by atoms with Crippen molar-refractivity contribution in [3.63, 3.8) is 0 Å². The summed E-state index contributed by atoms with van der Waals surface area (Å²) in [6.45, 7) is 0. The third-order valence-corrected chi connectivity index (χ3v) is 6.35. The first-order valence-corrected chi connectivity index (χ1v) is 10.4. The monoisotopic (exact) mass is 466 g/mol. The van der Waals surface area contributed by atoms with Crippen molar-refractivity contribution in [1.29, 1.82) is 5.26 Å². The van der Waals surface area contributed by atoms with Gasteiger partial charge in [-0.05, 0) is 55.5 Å². The molecule has 13 heteroatoms. The number of sulfonamides is 1. The van der Waals surface area contributed by atoms with Crippen LogP contribution in [0.2, 0.25) is 0 Å². The van der Waals surface area contributed by atoms with Gasteiger partial charge in [-0.2, -0.15) is 31.6 Å². The summed E-state index contributed by atoms with van der Waals surface area (Å²) in [6, 6.07) is 5.43. The Kier molecular flexibility index (Phi) is 5.31. The van der Waals surface area contributed by atoms with Crippen LogP contribution in [0.5, 0.6) is 0 Å². The average Bonchev–Trinajstić information content (AvgIpc) is 2.64. The maximum Gasteiger partial charge on any atom is 0.411 e. The number of allylic oxidation sites excluding steroid dienone is 3. The Bertz CT molecular complexity index is 1100. The molecule has 1 heterocycles. The van der Waals surface area contributed by atoms with Gasteiger partial charge in [0.25, 0.3) is 0 Å². The lowest BCUT2D eigenvalue weighted by Gasteiger charge is -2.47. The highest BCUT2D eigenvalue weighted by atomic mass is 32.2. The summed E-state index contributed by atoms with van der Waals surface area (Å²) in [6.07, 6.45) is -12.0. The zero-order valence-corrected chi connectivity index (χ0v) is 16.5. The fourth-order valence-corrected chi connectivity index (χ4v) is 4.66. The van der Waals surface area contributed by atoms with Gasteiger partial charge >= 0.3 is 12.4 Å². The van der Waals surface area contributed by atoms with Gasteiger partial charge in [0.15, 0.2) is 0 Å². The minimum absolute atomic E-state index is 0.00463. The standard InChI is InChI=1S/C18H16F6N4O2S/c19-17(20,21)16(18(22,23)24)12-3-1-2-4-14(12)28(15(26)13(16)9-25)10-5-7-11(8-6-10)31(27,29)30/h5-8H,1-4,26H2,(H2,27,29,30). The molecule has 0 fully saturated rings. The number of nitrogens with two attached hydrogens (primary N) is 2. The number of alkyl halides is 6. The van der Waals surface area contributed by atoms with Gasteiger partial charge in [0.1, 0.15) is 11.9 Å². The van der Waals surface area contributed by atoms with Gasteiger partial charge in [-0.1, -0.05) is 0 Å². The first kappa shape index (κ1) is 23.0. The molecular formula is C18H16F6N4O2S. The third-order valence-electron chi connectivity index (χ3n) is 5.42. The van der Waals surface area contributed by atoms with Gasteiger partial charge in [-0.15, -0.1) is 0 Å². The second kappa shape index (κ2) is 7.16. The molecule has 0 atom stereocenters. The predicted molar refractivity (Wildman–Crippen MR) is 97.2 cm³/mol. The lowest BCUT2D eigenvalue weighted by molar-refractivity contribution is -0.311. The number of rotatable bonds is 2. The molecule has 0 saturated heterocycles. The summed E-state index contributed by atoms with van der Waals surface area (Å²) in [7, 11) is -4.08. The topological polar surface area (TPSA) is 113 Å². The molecular weight excluding hydrogens is 450 g/mol. The van der Waals surface area contributed by atoms with Crippen LogP contribution in [-0.2, 0) is 10.0 Å². The number of halogens is 6. The fourth-order valence-electron chi connectivity index (χ4n) is 4.15. The summed E-state index contributed by atoms with van der Waals surface area (Å²) in [4.78, 5) is 0.643. The van der Waals surface area contributed by atoms with E-state index in [0.29, 0.717) is 6.42 Å². The van der Waals surface area contributed by atoms with E-state index in [1.54, 1.807) is 0 Å². The summed E-state index contributed by atoms with van der Waals surface area (Å²) in [5.74, 6) is -1.01. The van der Waals surface area contributed by atoms with Crippen LogP contribution in [0.25, 0.3) is 0 Å². The van der Waals surface area contributed by atoms with Crippen molar-refractivity contribution in [3.8, 4) is 6.07 Å². The van der Waals surface area contributed by atoms with E-state index in [-0.39, 0.29) is 29.1 Å². The largest absolute Gasteiger partial charge is 0.411 e. The molecule has 1 aromatic carbocycles. The van der Waals surface area contributed by atoms with Crippen molar-refractivity contribution < 1.29 is 34.8 Å². The number of benzene rings is 1. The van der Waals surface area contributed by atoms with Crippen molar-refractivity contribution in [2.45, 2.75) is 42.9 Å². The Labute approximate surface area is 173 Å². The number of anilines is 1. The Morgan fingerprint density at radius 1 is 1.00 bits per heavy atom. The van der Waals surface area contributed by atoms with Crippen LogP contribution >= 0.6 is 0 Å².